The van der Waals surface area contributed by atoms with Crippen molar-refractivity contribution in [2.24, 2.45) is 5.73 Å². The van der Waals surface area contributed by atoms with Crippen LogP contribution in [-0.4, -0.2) is 19.0 Å². The fourth-order valence-electron chi connectivity index (χ4n) is 3.15. The highest BCUT2D eigenvalue weighted by Gasteiger charge is 2.42. The summed E-state index contributed by atoms with van der Waals surface area (Å²) in [4.78, 5) is 12.6. The van der Waals surface area contributed by atoms with Gasteiger partial charge in [0, 0.05) is 13.1 Å². The molecule has 3 nitrogen and oxygen atoms in total. The molecular formula is C16H21F3N2O. The van der Waals surface area contributed by atoms with Crippen LogP contribution in [0.25, 0.3) is 0 Å². The Hall–Kier alpha value is -1.56. The minimum absolute atomic E-state index is 0.211. The molecular weight excluding hydrogens is 293 g/mol. The van der Waals surface area contributed by atoms with Crippen molar-refractivity contribution in [2.45, 2.75) is 43.7 Å². The zero-order valence-electron chi connectivity index (χ0n) is 12.4. The summed E-state index contributed by atoms with van der Waals surface area (Å²) in [5, 5.41) is 2.75. The number of amides is 1. The van der Waals surface area contributed by atoms with Gasteiger partial charge in [-0.3, -0.25) is 4.79 Å². The lowest BCUT2D eigenvalue weighted by molar-refractivity contribution is -0.138. The number of benzene rings is 1. The summed E-state index contributed by atoms with van der Waals surface area (Å²) >= 11 is 0. The first kappa shape index (κ1) is 16.8. The molecule has 1 amide bonds. The minimum Gasteiger partial charge on any atom is -0.354 e. The zero-order chi connectivity index (χ0) is 16.2. The van der Waals surface area contributed by atoms with Gasteiger partial charge in [-0.05, 0) is 24.5 Å². The Morgan fingerprint density at radius 3 is 2.50 bits per heavy atom. The van der Waals surface area contributed by atoms with E-state index in [2.05, 4.69) is 5.32 Å². The normalized spacial score (nSPS) is 18.0. The average Bonchev–Trinajstić information content (AvgIpc) is 2.52. The molecule has 2 rings (SSSR count). The number of hydrogen-bond acceptors (Lipinski definition) is 2. The molecule has 6 heteroatoms. The maximum absolute atomic E-state index is 12.9. The van der Waals surface area contributed by atoms with Crippen molar-refractivity contribution in [1.82, 2.24) is 5.32 Å². The summed E-state index contributed by atoms with van der Waals surface area (Å²) in [6.07, 6.45) is -0.571. The number of nitrogens with one attached hydrogen (secondary N) is 1. The average molecular weight is 314 g/mol. The second kappa shape index (κ2) is 6.69. The Morgan fingerprint density at radius 1 is 1.23 bits per heavy atom. The van der Waals surface area contributed by atoms with Gasteiger partial charge in [0.1, 0.15) is 0 Å². The lowest BCUT2D eigenvalue weighted by Gasteiger charge is -2.36. The zero-order valence-corrected chi connectivity index (χ0v) is 12.4. The van der Waals surface area contributed by atoms with E-state index in [-0.39, 0.29) is 5.91 Å². The number of alkyl halides is 3. The first-order valence-corrected chi connectivity index (χ1v) is 7.56. The van der Waals surface area contributed by atoms with Gasteiger partial charge >= 0.3 is 6.18 Å². The molecule has 0 bridgehead atoms. The van der Waals surface area contributed by atoms with E-state index in [0.717, 1.165) is 31.4 Å². The van der Waals surface area contributed by atoms with Gasteiger partial charge in [0.2, 0.25) is 5.91 Å². The van der Waals surface area contributed by atoms with Crippen molar-refractivity contribution in [3.05, 3.63) is 35.4 Å². The first-order valence-electron chi connectivity index (χ1n) is 7.56. The Labute approximate surface area is 128 Å². The topological polar surface area (TPSA) is 55.1 Å². The van der Waals surface area contributed by atoms with Gasteiger partial charge in [0.25, 0.3) is 0 Å². The fraction of sp³-hybridized carbons (Fsp3) is 0.562. The monoisotopic (exact) mass is 314 g/mol. The molecule has 22 heavy (non-hydrogen) atoms. The maximum Gasteiger partial charge on any atom is 0.416 e. The van der Waals surface area contributed by atoms with Crippen LogP contribution < -0.4 is 11.1 Å². The van der Waals surface area contributed by atoms with E-state index >= 15 is 0 Å². The number of halogens is 3. The second-order valence-electron chi connectivity index (χ2n) is 5.77. The second-order valence-corrected chi connectivity index (χ2v) is 5.77. The van der Waals surface area contributed by atoms with Crippen molar-refractivity contribution >= 4 is 5.91 Å². The molecule has 1 aliphatic rings. The number of rotatable bonds is 4. The van der Waals surface area contributed by atoms with Crippen LogP contribution in [0.4, 0.5) is 13.2 Å². The molecule has 1 aromatic carbocycles. The SMILES string of the molecule is NCCNC(=O)C1(c2cccc(C(F)(F)F)c2)CCCCC1. The molecule has 0 aliphatic heterocycles. The molecule has 0 spiro atoms. The fourth-order valence-corrected chi connectivity index (χ4v) is 3.15. The van der Waals surface area contributed by atoms with Crippen molar-refractivity contribution in [3.63, 3.8) is 0 Å². The van der Waals surface area contributed by atoms with Crippen LogP contribution in [0.2, 0.25) is 0 Å². The summed E-state index contributed by atoms with van der Waals surface area (Å²) in [5.41, 5.74) is 4.29. The van der Waals surface area contributed by atoms with Crippen LogP contribution in [0.15, 0.2) is 24.3 Å². The van der Waals surface area contributed by atoms with Gasteiger partial charge in [-0.1, -0.05) is 37.5 Å². The molecule has 1 fully saturated rings. The number of hydrogen-bond donors (Lipinski definition) is 2. The quantitative estimate of drug-likeness (QED) is 0.897. The van der Waals surface area contributed by atoms with Crippen molar-refractivity contribution < 1.29 is 18.0 Å². The molecule has 0 atom stereocenters. The molecule has 0 heterocycles. The molecule has 0 aromatic heterocycles. The third-order valence-electron chi connectivity index (χ3n) is 4.31. The highest BCUT2D eigenvalue weighted by atomic mass is 19.4. The van der Waals surface area contributed by atoms with Gasteiger partial charge < -0.3 is 11.1 Å². The predicted molar refractivity (Wildman–Crippen MR) is 78.3 cm³/mol. The molecule has 1 saturated carbocycles. The number of carbonyl (C=O) groups is 1. The van der Waals surface area contributed by atoms with E-state index in [9.17, 15) is 18.0 Å². The van der Waals surface area contributed by atoms with Crippen LogP contribution in [0.1, 0.15) is 43.2 Å². The smallest absolute Gasteiger partial charge is 0.354 e. The summed E-state index contributed by atoms with van der Waals surface area (Å²) < 4.78 is 38.8. The van der Waals surface area contributed by atoms with E-state index in [1.54, 1.807) is 6.07 Å². The van der Waals surface area contributed by atoms with Gasteiger partial charge in [0.05, 0.1) is 11.0 Å². The van der Waals surface area contributed by atoms with Crippen LogP contribution in [0, 0.1) is 0 Å². The molecule has 0 unspecified atom stereocenters. The Morgan fingerprint density at radius 2 is 1.91 bits per heavy atom. The van der Waals surface area contributed by atoms with E-state index in [1.165, 1.54) is 6.07 Å². The largest absolute Gasteiger partial charge is 0.416 e. The maximum atomic E-state index is 12.9. The summed E-state index contributed by atoms with van der Waals surface area (Å²) in [5.74, 6) is -0.211. The molecule has 0 radical (unpaired) electrons. The molecule has 0 saturated heterocycles. The third-order valence-corrected chi connectivity index (χ3v) is 4.31. The minimum atomic E-state index is -4.40. The Bertz CT molecular complexity index is 522. The highest BCUT2D eigenvalue weighted by molar-refractivity contribution is 5.88. The van der Waals surface area contributed by atoms with Gasteiger partial charge in [-0.25, -0.2) is 0 Å². The first-order chi connectivity index (χ1) is 10.4. The lowest BCUT2D eigenvalue weighted by Crippen LogP contribution is -2.47. The molecule has 1 aromatic rings. The van der Waals surface area contributed by atoms with Gasteiger partial charge in [-0.2, -0.15) is 13.2 Å². The summed E-state index contributed by atoms with van der Waals surface area (Å²) in [7, 11) is 0. The van der Waals surface area contributed by atoms with E-state index < -0.39 is 17.2 Å². The van der Waals surface area contributed by atoms with E-state index in [1.807, 2.05) is 0 Å². The third kappa shape index (κ3) is 3.43. The van der Waals surface area contributed by atoms with Crippen molar-refractivity contribution in [1.29, 1.82) is 0 Å². The standard InChI is InChI=1S/C16H21F3N2O/c17-16(18,19)13-6-4-5-12(11-13)15(7-2-1-3-8-15)14(22)21-10-9-20/h4-6,11H,1-3,7-10,20H2,(H,21,22). The Kier molecular flexibility index (Phi) is 5.11. The van der Waals surface area contributed by atoms with Crippen LogP contribution in [0.3, 0.4) is 0 Å². The van der Waals surface area contributed by atoms with E-state index in [0.29, 0.717) is 31.5 Å². The van der Waals surface area contributed by atoms with Crippen LogP contribution in [-0.2, 0) is 16.4 Å². The van der Waals surface area contributed by atoms with Crippen LogP contribution >= 0.6 is 0 Å². The summed E-state index contributed by atoms with van der Waals surface area (Å²) in [6.45, 7) is 0.643. The highest BCUT2D eigenvalue weighted by Crippen LogP contribution is 2.41. The molecule has 122 valence electrons. The number of carbonyl (C=O) groups excluding carboxylic acids is 1. The lowest BCUT2D eigenvalue weighted by atomic mass is 9.68. The molecule has 3 N–H and O–H groups in total. The van der Waals surface area contributed by atoms with E-state index in [4.69, 9.17) is 5.73 Å². The summed E-state index contributed by atoms with van der Waals surface area (Å²) in [6, 6.07) is 5.17. The van der Waals surface area contributed by atoms with Gasteiger partial charge in [0.15, 0.2) is 0 Å². The van der Waals surface area contributed by atoms with Crippen LogP contribution in [0.5, 0.6) is 0 Å². The Balaban J connectivity index is 2.39. The molecule has 1 aliphatic carbocycles. The number of nitrogens with two attached hydrogens (primary N) is 1. The van der Waals surface area contributed by atoms with Gasteiger partial charge in [-0.15, -0.1) is 0 Å². The van der Waals surface area contributed by atoms with Crippen molar-refractivity contribution in [2.75, 3.05) is 13.1 Å². The van der Waals surface area contributed by atoms with Crippen molar-refractivity contribution in [3.8, 4) is 0 Å². The predicted octanol–water partition coefficient (Wildman–Crippen LogP) is 2.98.